The van der Waals surface area contributed by atoms with Crippen LogP contribution in [0.5, 0.6) is 0 Å². The van der Waals surface area contributed by atoms with Gasteiger partial charge in [0.1, 0.15) is 6.61 Å². The highest BCUT2D eigenvalue weighted by Gasteiger charge is 2.70. The molecule has 5 aliphatic rings. The van der Waals surface area contributed by atoms with Gasteiger partial charge in [-0.05, 0) is 128 Å². The zero-order valence-electron chi connectivity index (χ0n) is 31.9. The van der Waals surface area contributed by atoms with Crippen molar-refractivity contribution in [3.63, 3.8) is 0 Å². The first kappa shape index (κ1) is 36.3. The number of carbonyl (C=O) groups excluding carboxylic acids is 3. The quantitative estimate of drug-likeness (QED) is 0.283. The van der Waals surface area contributed by atoms with Crippen LogP contribution in [0.1, 0.15) is 132 Å². The van der Waals surface area contributed by atoms with E-state index in [-0.39, 0.29) is 56.8 Å². The lowest BCUT2D eigenvalue weighted by molar-refractivity contribution is -0.190. The SMILES string of the molecule is CC(C)C[C@H](N)C(=O)N[C@H]1CC[C@]2(C)[C@H]3C(=O)C=C4[C@@H]5C[C@@](C)(C(=O)OCc6ccccc6)CC[C@]5(C)CC[C@@]4(C)[C@]3(C)CC[C@H]2C1(C)C. The molecule has 49 heavy (non-hydrogen) atoms. The maximum Gasteiger partial charge on any atom is 0.312 e. The second-order valence-corrected chi connectivity index (χ2v) is 19.5. The van der Waals surface area contributed by atoms with Crippen LogP contribution in [0.4, 0.5) is 0 Å². The Morgan fingerprint density at radius 3 is 2.27 bits per heavy atom. The summed E-state index contributed by atoms with van der Waals surface area (Å²) in [6, 6.07) is 9.47. The number of ether oxygens (including phenoxy) is 1. The number of nitrogens with two attached hydrogens (primary N) is 1. The first-order chi connectivity index (χ1) is 22.8. The number of carbonyl (C=O) groups is 3. The van der Waals surface area contributed by atoms with E-state index in [1.165, 1.54) is 5.57 Å². The lowest BCUT2D eigenvalue weighted by Crippen LogP contribution is -2.68. The number of nitrogens with one attached hydrogen (secondary N) is 1. The third-order valence-electron chi connectivity index (χ3n) is 15.7. The minimum Gasteiger partial charge on any atom is -0.460 e. The first-order valence-corrected chi connectivity index (χ1v) is 19.3. The summed E-state index contributed by atoms with van der Waals surface area (Å²) in [4.78, 5) is 41.8. The lowest BCUT2D eigenvalue weighted by Gasteiger charge is -2.70. The Morgan fingerprint density at radius 1 is 0.918 bits per heavy atom. The van der Waals surface area contributed by atoms with Gasteiger partial charge >= 0.3 is 5.97 Å². The van der Waals surface area contributed by atoms with Crippen LogP contribution in [0, 0.1) is 56.2 Å². The molecule has 0 spiro atoms. The van der Waals surface area contributed by atoms with Crippen LogP contribution in [0.25, 0.3) is 0 Å². The minimum absolute atomic E-state index is 0.0398. The van der Waals surface area contributed by atoms with Crippen LogP contribution in [0.2, 0.25) is 0 Å². The van der Waals surface area contributed by atoms with Crippen LogP contribution in [-0.4, -0.2) is 29.7 Å². The Bertz CT molecular complexity index is 1500. The molecule has 270 valence electrons. The number of hydrogen-bond donors (Lipinski definition) is 2. The molecule has 6 rings (SSSR count). The van der Waals surface area contributed by atoms with Gasteiger partial charge in [0.05, 0.1) is 11.5 Å². The third kappa shape index (κ3) is 5.75. The summed E-state index contributed by atoms with van der Waals surface area (Å²) < 4.78 is 5.97. The molecular weight excluding hydrogens is 608 g/mol. The van der Waals surface area contributed by atoms with Crippen LogP contribution >= 0.6 is 0 Å². The Kier molecular flexibility index (Phi) is 9.15. The van der Waals surface area contributed by atoms with Crippen molar-refractivity contribution in [1.29, 1.82) is 0 Å². The van der Waals surface area contributed by atoms with Gasteiger partial charge in [-0.15, -0.1) is 0 Å². The summed E-state index contributed by atoms with van der Waals surface area (Å²) in [5, 5.41) is 3.38. The lowest BCUT2D eigenvalue weighted by atomic mass is 9.33. The molecule has 0 heterocycles. The van der Waals surface area contributed by atoms with E-state index in [0.29, 0.717) is 30.6 Å². The molecule has 1 aromatic rings. The molecule has 0 unspecified atom stereocenters. The molecule has 0 radical (unpaired) electrons. The van der Waals surface area contributed by atoms with E-state index >= 15 is 0 Å². The van der Waals surface area contributed by atoms with E-state index in [4.69, 9.17) is 10.5 Å². The molecule has 5 aliphatic carbocycles. The summed E-state index contributed by atoms with van der Waals surface area (Å²) in [6.45, 7) is 21.0. The second kappa shape index (κ2) is 12.3. The highest BCUT2D eigenvalue weighted by atomic mass is 16.5. The van der Waals surface area contributed by atoms with E-state index < -0.39 is 11.5 Å². The average Bonchev–Trinajstić information content (AvgIpc) is 3.03. The number of esters is 1. The van der Waals surface area contributed by atoms with Gasteiger partial charge in [-0.25, -0.2) is 0 Å². The fourth-order valence-electron chi connectivity index (χ4n) is 12.4. The van der Waals surface area contributed by atoms with Crippen molar-refractivity contribution >= 4 is 17.7 Å². The molecule has 0 bridgehead atoms. The van der Waals surface area contributed by atoms with E-state index in [9.17, 15) is 14.4 Å². The standard InChI is InChI=1S/C43H64N2O4/c1-27(2)23-31(44)36(47)45-34-16-17-41(7)33(38(34,3)4)15-18-43(9)35(41)32(46)24-29-30-25-40(6,20-19-39(30,5)21-22-42(29,43)8)37(48)49-26-28-13-11-10-12-14-28/h10-14,24,27,30-31,33-35H,15-23,25-26,44H2,1-9H3,(H,45,47)/t30-,31-,33-,34-,35+,39+,40-,41-,42+,43+/m0/s1. The number of rotatable bonds is 7. The van der Waals surface area contributed by atoms with E-state index in [0.717, 1.165) is 63.4 Å². The maximum absolute atomic E-state index is 14.8. The van der Waals surface area contributed by atoms with Gasteiger partial charge in [-0.3, -0.25) is 14.4 Å². The number of ketones is 1. The van der Waals surface area contributed by atoms with Gasteiger partial charge in [0.2, 0.25) is 5.91 Å². The van der Waals surface area contributed by atoms with E-state index in [1.54, 1.807) is 0 Å². The van der Waals surface area contributed by atoms with Crippen molar-refractivity contribution in [2.45, 2.75) is 145 Å². The van der Waals surface area contributed by atoms with Crippen molar-refractivity contribution in [2.24, 2.45) is 61.9 Å². The zero-order valence-corrected chi connectivity index (χ0v) is 31.9. The summed E-state index contributed by atoms with van der Waals surface area (Å²) in [5.41, 5.74) is 7.52. The first-order valence-electron chi connectivity index (χ1n) is 19.3. The summed E-state index contributed by atoms with van der Waals surface area (Å²) in [7, 11) is 0. The number of benzene rings is 1. The van der Waals surface area contributed by atoms with Crippen molar-refractivity contribution in [3.8, 4) is 0 Å². The number of hydrogen-bond acceptors (Lipinski definition) is 5. The van der Waals surface area contributed by atoms with Crippen molar-refractivity contribution in [2.75, 3.05) is 0 Å². The molecule has 1 amide bonds. The van der Waals surface area contributed by atoms with Gasteiger partial charge in [-0.2, -0.15) is 0 Å². The molecule has 1 aromatic carbocycles. The maximum atomic E-state index is 14.8. The molecular formula is C43H64N2O4. The molecule has 0 aliphatic heterocycles. The normalized spacial score (nSPS) is 41.7. The number of allylic oxidation sites excluding steroid dienone is 2. The minimum atomic E-state index is -0.576. The fourth-order valence-corrected chi connectivity index (χ4v) is 12.4. The smallest absolute Gasteiger partial charge is 0.312 e. The highest BCUT2D eigenvalue weighted by Crippen LogP contribution is 2.75. The van der Waals surface area contributed by atoms with Crippen molar-refractivity contribution in [3.05, 3.63) is 47.5 Å². The van der Waals surface area contributed by atoms with Gasteiger partial charge < -0.3 is 15.8 Å². The molecule has 0 saturated heterocycles. The number of amides is 1. The Morgan fingerprint density at radius 2 is 1.59 bits per heavy atom. The molecule has 6 heteroatoms. The van der Waals surface area contributed by atoms with Gasteiger partial charge in [0.25, 0.3) is 0 Å². The van der Waals surface area contributed by atoms with Crippen molar-refractivity contribution < 1.29 is 19.1 Å². The predicted molar refractivity (Wildman–Crippen MR) is 195 cm³/mol. The van der Waals surface area contributed by atoms with Crippen LogP contribution in [0.3, 0.4) is 0 Å². The predicted octanol–water partition coefficient (Wildman–Crippen LogP) is 8.57. The Hall–Kier alpha value is -2.47. The molecule has 4 saturated carbocycles. The third-order valence-corrected chi connectivity index (χ3v) is 15.7. The summed E-state index contributed by atoms with van der Waals surface area (Å²) >= 11 is 0. The summed E-state index contributed by atoms with van der Waals surface area (Å²) in [6.07, 6.45) is 11.3. The van der Waals surface area contributed by atoms with Crippen LogP contribution < -0.4 is 11.1 Å². The van der Waals surface area contributed by atoms with Crippen molar-refractivity contribution in [1.82, 2.24) is 5.32 Å². The molecule has 4 fully saturated rings. The monoisotopic (exact) mass is 672 g/mol. The summed E-state index contributed by atoms with van der Waals surface area (Å²) in [5.74, 6) is 0.931. The van der Waals surface area contributed by atoms with E-state index in [2.05, 4.69) is 73.7 Å². The molecule has 3 N–H and O–H groups in total. The second-order valence-electron chi connectivity index (χ2n) is 19.5. The largest absolute Gasteiger partial charge is 0.460 e. The topological polar surface area (TPSA) is 98.5 Å². The van der Waals surface area contributed by atoms with Gasteiger partial charge in [-0.1, -0.05) is 91.3 Å². The average molecular weight is 673 g/mol. The molecule has 10 atom stereocenters. The van der Waals surface area contributed by atoms with Crippen LogP contribution in [-0.2, 0) is 25.7 Å². The molecule has 6 nitrogen and oxygen atoms in total. The zero-order chi connectivity index (χ0) is 35.8. The van der Waals surface area contributed by atoms with E-state index in [1.807, 2.05) is 30.3 Å². The van der Waals surface area contributed by atoms with Gasteiger partial charge in [0.15, 0.2) is 5.78 Å². The Labute approximate surface area is 296 Å². The van der Waals surface area contributed by atoms with Gasteiger partial charge in [0, 0.05) is 12.0 Å². The number of fused-ring (bicyclic) bond motifs is 7. The highest BCUT2D eigenvalue weighted by molar-refractivity contribution is 5.95. The fraction of sp³-hybridized carbons (Fsp3) is 0.744. The molecule has 0 aromatic heterocycles. The Balaban J connectivity index is 1.27. The van der Waals surface area contributed by atoms with Crippen LogP contribution in [0.15, 0.2) is 42.0 Å².